The number of hydrogen-bond donors (Lipinski definition) is 2. The van der Waals surface area contributed by atoms with Crippen LogP contribution in [0.4, 0.5) is 0 Å². The van der Waals surface area contributed by atoms with Crippen molar-refractivity contribution in [2.75, 3.05) is 6.61 Å². The van der Waals surface area contributed by atoms with E-state index in [2.05, 4.69) is 36.4 Å². The van der Waals surface area contributed by atoms with Crippen LogP contribution >= 0.6 is 0 Å². The molecule has 3 atom stereocenters. The second-order valence-electron chi connectivity index (χ2n) is 7.59. The third-order valence-corrected chi connectivity index (χ3v) is 6.46. The first-order valence-corrected chi connectivity index (χ1v) is 8.20. The standard InChI is InChI=1S/C16H28N4O/c1-15(2)12-5-6-16(15,3)14(9-12)17-10-13-11-20(19-18-13)7-4-8-21/h11-12,14,17,21H,4-10H2,1-3H3. The molecule has 0 radical (unpaired) electrons. The maximum Gasteiger partial charge on any atom is 0.0964 e. The maximum atomic E-state index is 8.85. The number of nitrogens with one attached hydrogen (secondary N) is 1. The molecule has 0 amide bonds. The Labute approximate surface area is 127 Å². The molecule has 21 heavy (non-hydrogen) atoms. The minimum atomic E-state index is 0.199. The molecule has 2 bridgehead atoms. The van der Waals surface area contributed by atoms with Crippen LogP contribution in [0.5, 0.6) is 0 Å². The Morgan fingerprint density at radius 1 is 1.43 bits per heavy atom. The summed E-state index contributed by atoms with van der Waals surface area (Å²) >= 11 is 0. The highest BCUT2D eigenvalue weighted by molar-refractivity contribution is 5.13. The van der Waals surface area contributed by atoms with Gasteiger partial charge in [-0.05, 0) is 42.4 Å². The van der Waals surface area contributed by atoms with E-state index in [9.17, 15) is 0 Å². The number of aromatic nitrogens is 3. The topological polar surface area (TPSA) is 63.0 Å². The molecule has 2 N–H and O–H groups in total. The van der Waals surface area contributed by atoms with E-state index in [-0.39, 0.29) is 6.61 Å². The summed E-state index contributed by atoms with van der Waals surface area (Å²) in [5, 5.41) is 20.9. The Hall–Kier alpha value is -0.940. The number of aryl methyl sites for hydroxylation is 1. The predicted octanol–water partition coefficient (Wildman–Crippen LogP) is 1.96. The largest absolute Gasteiger partial charge is 0.396 e. The summed E-state index contributed by atoms with van der Waals surface area (Å²) < 4.78 is 1.82. The summed E-state index contributed by atoms with van der Waals surface area (Å²) in [4.78, 5) is 0. The van der Waals surface area contributed by atoms with Gasteiger partial charge in [-0.1, -0.05) is 26.0 Å². The first-order valence-electron chi connectivity index (χ1n) is 8.20. The molecule has 1 aromatic heterocycles. The normalized spacial score (nSPS) is 33.7. The highest BCUT2D eigenvalue weighted by Crippen LogP contribution is 2.65. The lowest BCUT2D eigenvalue weighted by Crippen LogP contribution is -2.44. The van der Waals surface area contributed by atoms with Crippen LogP contribution < -0.4 is 5.32 Å². The average molecular weight is 292 g/mol. The van der Waals surface area contributed by atoms with Crippen molar-refractivity contribution >= 4 is 0 Å². The Bertz CT molecular complexity index is 498. The van der Waals surface area contributed by atoms with Crippen LogP contribution in [0.15, 0.2) is 6.20 Å². The van der Waals surface area contributed by atoms with Crippen molar-refractivity contribution in [3.05, 3.63) is 11.9 Å². The fourth-order valence-electron chi connectivity index (χ4n) is 4.50. The van der Waals surface area contributed by atoms with E-state index in [1.807, 2.05) is 10.9 Å². The molecule has 5 nitrogen and oxygen atoms in total. The summed E-state index contributed by atoms with van der Waals surface area (Å²) in [6.07, 6.45) is 6.74. The second kappa shape index (κ2) is 5.36. The lowest BCUT2D eigenvalue weighted by atomic mass is 9.69. The lowest BCUT2D eigenvalue weighted by molar-refractivity contribution is 0.120. The lowest BCUT2D eigenvalue weighted by Gasteiger charge is -2.39. The van der Waals surface area contributed by atoms with Gasteiger partial charge in [-0.2, -0.15) is 0 Å². The molecule has 2 saturated carbocycles. The summed E-state index contributed by atoms with van der Waals surface area (Å²) in [6.45, 7) is 9.07. The third kappa shape index (κ3) is 2.40. The molecule has 5 heteroatoms. The van der Waals surface area contributed by atoms with Gasteiger partial charge in [0.15, 0.2) is 0 Å². The van der Waals surface area contributed by atoms with Crippen molar-refractivity contribution < 1.29 is 5.11 Å². The summed E-state index contributed by atoms with van der Waals surface area (Å²) in [5.74, 6) is 0.861. The number of rotatable bonds is 6. The molecule has 2 aliphatic rings. The van der Waals surface area contributed by atoms with Gasteiger partial charge in [0.2, 0.25) is 0 Å². The average Bonchev–Trinajstić information content (AvgIpc) is 3.04. The molecule has 3 rings (SSSR count). The summed E-state index contributed by atoms with van der Waals surface area (Å²) in [7, 11) is 0. The maximum absolute atomic E-state index is 8.85. The van der Waals surface area contributed by atoms with Crippen LogP contribution in [-0.4, -0.2) is 32.7 Å². The van der Waals surface area contributed by atoms with Gasteiger partial charge in [0.1, 0.15) is 0 Å². The van der Waals surface area contributed by atoms with E-state index in [0.717, 1.165) is 31.1 Å². The zero-order chi connectivity index (χ0) is 15.1. The van der Waals surface area contributed by atoms with Crippen LogP contribution in [0, 0.1) is 16.7 Å². The van der Waals surface area contributed by atoms with Crippen LogP contribution in [-0.2, 0) is 13.1 Å². The minimum Gasteiger partial charge on any atom is -0.396 e. The highest BCUT2D eigenvalue weighted by Gasteiger charge is 2.60. The Balaban J connectivity index is 1.58. The van der Waals surface area contributed by atoms with Crippen LogP contribution in [0.2, 0.25) is 0 Å². The minimum absolute atomic E-state index is 0.199. The monoisotopic (exact) mass is 292 g/mol. The molecule has 2 aliphatic carbocycles. The van der Waals surface area contributed by atoms with Gasteiger partial charge < -0.3 is 10.4 Å². The van der Waals surface area contributed by atoms with Gasteiger partial charge in [0, 0.05) is 31.9 Å². The van der Waals surface area contributed by atoms with E-state index in [0.29, 0.717) is 16.9 Å². The van der Waals surface area contributed by atoms with Crippen molar-refractivity contribution in [2.24, 2.45) is 16.7 Å². The molecule has 0 aromatic carbocycles. The van der Waals surface area contributed by atoms with Crippen LogP contribution in [0.3, 0.4) is 0 Å². The molecule has 0 aliphatic heterocycles. The van der Waals surface area contributed by atoms with Gasteiger partial charge in [0.05, 0.1) is 5.69 Å². The molecule has 118 valence electrons. The fourth-order valence-corrected chi connectivity index (χ4v) is 4.50. The quantitative estimate of drug-likeness (QED) is 0.841. The first-order chi connectivity index (χ1) is 9.97. The van der Waals surface area contributed by atoms with Gasteiger partial charge in [0.25, 0.3) is 0 Å². The van der Waals surface area contributed by atoms with Gasteiger partial charge in [-0.3, -0.25) is 4.68 Å². The zero-order valence-corrected chi connectivity index (χ0v) is 13.5. The van der Waals surface area contributed by atoms with E-state index < -0.39 is 0 Å². The predicted molar refractivity (Wildman–Crippen MR) is 81.6 cm³/mol. The SMILES string of the molecule is CC1(C)C2CCC1(C)C(NCc1cn(CCCO)nn1)C2. The van der Waals surface area contributed by atoms with E-state index in [4.69, 9.17) is 5.11 Å². The van der Waals surface area contributed by atoms with Crippen LogP contribution in [0.25, 0.3) is 0 Å². The van der Waals surface area contributed by atoms with Crippen LogP contribution in [0.1, 0.15) is 52.1 Å². The molecule has 2 fully saturated rings. The smallest absolute Gasteiger partial charge is 0.0964 e. The third-order valence-electron chi connectivity index (χ3n) is 6.46. The van der Waals surface area contributed by atoms with Crippen molar-refractivity contribution in [1.29, 1.82) is 0 Å². The van der Waals surface area contributed by atoms with Crippen molar-refractivity contribution in [1.82, 2.24) is 20.3 Å². The van der Waals surface area contributed by atoms with E-state index >= 15 is 0 Å². The molecular weight excluding hydrogens is 264 g/mol. The first kappa shape index (κ1) is 15.0. The van der Waals surface area contributed by atoms with E-state index in [1.165, 1.54) is 19.3 Å². The number of hydrogen-bond acceptors (Lipinski definition) is 4. The van der Waals surface area contributed by atoms with Gasteiger partial charge in [-0.15, -0.1) is 5.10 Å². The number of aliphatic hydroxyl groups is 1. The van der Waals surface area contributed by atoms with Crippen molar-refractivity contribution in [3.63, 3.8) is 0 Å². The highest BCUT2D eigenvalue weighted by atomic mass is 16.3. The Kier molecular flexibility index (Phi) is 3.82. The summed E-state index contributed by atoms with van der Waals surface area (Å²) in [6, 6.07) is 0.592. The van der Waals surface area contributed by atoms with Crippen molar-refractivity contribution in [3.8, 4) is 0 Å². The number of nitrogens with zero attached hydrogens (tertiary/aromatic N) is 3. The molecule has 0 saturated heterocycles. The molecule has 0 spiro atoms. The van der Waals surface area contributed by atoms with Gasteiger partial charge in [-0.25, -0.2) is 0 Å². The molecular formula is C16H28N4O. The molecule has 1 aromatic rings. The number of fused-ring (bicyclic) bond motifs is 2. The molecule has 1 heterocycles. The van der Waals surface area contributed by atoms with E-state index in [1.54, 1.807) is 0 Å². The van der Waals surface area contributed by atoms with Gasteiger partial charge >= 0.3 is 0 Å². The number of aliphatic hydroxyl groups excluding tert-OH is 1. The molecule has 3 unspecified atom stereocenters. The summed E-state index contributed by atoms with van der Waals surface area (Å²) in [5.41, 5.74) is 1.85. The fraction of sp³-hybridized carbons (Fsp3) is 0.875. The second-order valence-corrected chi connectivity index (χ2v) is 7.59. The van der Waals surface area contributed by atoms with Crippen molar-refractivity contribution in [2.45, 2.75) is 65.6 Å². The Morgan fingerprint density at radius 3 is 2.86 bits per heavy atom. The Morgan fingerprint density at radius 2 is 2.24 bits per heavy atom. The zero-order valence-electron chi connectivity index (χ0n) is 13.5.